The van der Waals surface area contributed by atoms with E-state index < -0.39 is 7.92 Å². The van der Waals surface area contributed by atoms with Gasteiger partial charge in [0.25, 0.3) is 0 Å². The summed E-state index contributed by atoms with van der Waals surface area (Å²) in [7, 11) is -0.608. The number of aryl methyl sites for hydroxylation is 1. The Bertz CT molecular complexity index is 792. The van der Waals surface area contributed by atoms with E-state index in [4.69, 9.17) is 4.74 Å². The molecule has 3 aromatic rings. The van der Waals surface area contributed by atoms with Gasteiger partial charge in [0.2, 0.25) is 0 Å². The van der Waals surface area contributed by atoms with Crippen LogP contribution in [-0.4, -0.2) is 12.6 Å². The summed E-state index contributed by atoms with van der Waals surface area (Å²) in [5, 5.41) is 4.07. The Morgan fingerprint density at radius 2 is 1.35 bits per heavy atom. The van der Waals surface area contributed by atoms with Crippen LogP contribution >= 0.6 is 7.92 Å². The van der Waals surface area contributed by atoms with E-state index in [1.807, 2.05) is 0 Å². The maximum Gasteiger partial charge on any atom is 0.302 e. The fourth-order valence-electron chi connectivity index (χ4n) is 3.00. The SMILES string of the molecule is CC(=O)OCCCc1ccccc1P(c1ccccc1)c1ccccc1. The van der Waals surface area contributed by atoms with Crippen LogP contribution in [0.5, 0.6) is 0 Å². The van der Waals surface area contributed by atoms with E-state index in [-0.39, 0.29) is 5.97 Å². The predicted molar refractivity (Wildman–Crippen MR) is 110 cm³/mol. The summed E-state index contributed by atoms with van der Waals surface area (Å²) in [5.74, 6) is -0.214. The lowest BCUT2D eigenvalue weighted by Gasteiger charge is -2.22. The average molecular weight is 362 g/mol. The van der Waals surface area contributed by atoms with E-state index in [0.717, 1.165) is 12.8 Å². The van der Waals surface area contributed by atoms with Crippen LogP contribution in [0.3, 0.4) is 0 Å². The zero-order chi connectivity index (χ0) is 18.2. The highest BCUT2D eigenvalue weighted by molar-refractivity contribution is 7.79. The lowest BCUT2D eigenvalue weighted by Crippen LogP contribution is -2.23. The molecule has 2 nitrogen and oxygen atoms in total. The molecule has 3 rings (SSSR count). The molecular formula is C23H23O2P. The van der Waals surface area contributed by atoms with E-state index in [1.54, 1.807) is 0 Å². The van der Waals surface area contributed by atoms with Crippen LogP contribution in [0.15, 0.2) is 84.9 Å². The molecule has 0 saturated carbocycles. The number of hydrogen-bond acceptors (Lipinski definition) is 2. The van der Waals surface area contributed by atoms with Gasteiger partial charge in [0.1, 0.15) is 0 Å². The van der Waals surface area contributed by atoms with E-state index >= 15 is 0 Å². The third kappa shape index (κ3) is 4.80. The fraction of sp³-hybridized carbons (Fsp3) is 0.174. The van der Waals surface area contributed by atoms with Crippen molar-refractivity contribution >= 4 is 29.8 Å². The Kier molecular flexibility index (Phi) is 6.57. The molecular weight excluding hydrogens is 339 g/mol. The largest absolute Gasteiger partial charge is 0.466 e. The molecule has 3 aromatic carbocycles. The Balaban J connectivity index is 1.93. The molecule has 3 heteroatoms. The van der Waals surface area contributed by atoms with E-state index in [2.05, 4.69) is 84.9 Å². The average Bonchev–Trinajstić information content (AvgIpc) is 2.68. The minimum absolute atomic E-state index is 0.214. The maximum atomic E-state index is 11.0. The first kappa shape index (κ1) is 18.4. The highest BCUT2D eigenvalue weighted by Crippen LogP contribution is 2.34. The van der Waals surface area contributed by atoms with Crippen LogP contribution in [0.4, 0.5) is 0 Å². The zero-order valence-corrected chi connectivity index (χ0v) is 15.9. The molecule has 0 saturated heterocycles. The van der Waals surface area contributed by atoms with Gasteiger partial charge in [-0.25, -0.2) is 0 Å². The minimum atomic E-state index is -0.608. The quantitative estimate of drug-likeness (QED) is 0.362. The molecule has 0 fully saturated rings. The molecule has 0 radical (unpaired) electrons. The van der Waals surface area contributed by atoms with Crippen molar-refractivity contribution in [2.75, 3.05) is 6.61 Å². The molecule has 132 valence electrons. The van der Waals surface area contributed by atoms with Crippen molar-refractivity contribution < 1.29 is 9.53 Å². The minimum Gasteiger partial charge on any atom is -0.466 e. The first-order valence-corrected chi connectivity index (χ1v) is 10.2. The van der Waals surface area contributed by atoms with Gasteiger partial charge in [-0.2, -0.15) is 0 Å². The number of benzene rings is 3. The number of carbonyl (C=O) groups is 1. The van der Waals surface area contributed by atoms with Gasteiger partial charge in [-0.1, -0.05) is 84.9 Å². The summed E-state index contributed by atoms with van der Waals surface area (Å²) in [5.41, 5.74) is 1.33. The molecule has 0 spiro atoms. The first-order valence-electron chi connectivity index (χ1n) is 8.87. The molecule has 0 aliphatic carbocycles. The van der Waals surface area contributed by atoms with Crippen molar-refractivity contribution in [2.24, 2.45) is 0 Å². The van der Waals surface area contributed by atoms with Crippen LogP contribution < -0.4 is 15.9 Å². The molecule has 0 aliphatic rings. The summed E-state index contributed by atoms with van der Waals surface area (Å²) in [6.45, 7) is 1.93. The van der Waals surface area contributed by atoms with Crippen molar-refractivity contribution in [3.63, 3.8) is 0 Å². The van der Waals surface area contributed by atoms with Crippen molar-refractivity contribution in [2.45, 2.75) is 19.8 Å². The Hall–Kier alpha value is -2.44. The summed E-state index contributed by atoms with van der Waals surface area (Å²) in [6.07, 6.45) is 1.74. The molecule has 0 N–H and O–H groups in total. The van der Waals surface area contributed by atoms with Crippen molar-refractivity contribution in [3.05, 3.63) is 90.5 Å². The maximum absolute atomic E-state index is 11.0. The van der Waals surface area contributed by atoms with E-state index in [0.29, 0.717) is 6.61 Å². The standard InChI is InChI=1S/C23H23O2P/c1-19(24)25-18-10-12-20-11-8-9-17-23(20)26(21-13-4-2-5-14-21)22-15-6-3-7-16-22/h2-9,11,13-17H,10,12,18H2,1H3. The van der Waals surface area contributed by atoms with Gasteiger partial charge in [0.15, 0.2) is 0 Å². The molecule has 0 atom stereocenters. The van der Waals surface area contributed by atoms with E-state index in [1.165, 1.54) is 28.4 Å². The normalized spacial score (nSPS) is 10.7. The lowest BCUT2D eigenvalue weighted by atomic mass is 10.1. The van der Waals surface area contributed by atoms with Gasteiger partial charge < -0.3 is 4.74 Å². The fourth-order valence-corrected chi connectivity index (χ4v) is 5.50. The third-order valence-corrected chi connectivity index (χ3v) is 6.70. The second-order valence-corrected chi connectivity index (χ2v) is 8.26. The van der Waals surface area contributed by atoms with Crippen molar-refractivity contribution in [1.29, 1.82) is 0 Å². The van der Waals surface area contributed by atoms with Crippen LogP contribution in [0, 0.1) is 0 Å². The van der Waals surface area contributed by atoms with Gasteiger partial charge in [0, 0.05) is 6.92 Å². The van der Waals surface area contributed by atoms with Gasteiger partial charge in [-0.15, -0.1) is 0 Å². The predicted octanol–water partition coefficient (Wildman–Crippen LogP) is 3.94. The topological polar surface area (TPSA) is 26.3 Å². The number of ether oxygens (including phenoxy) is 1. The molecule has 0 amide bonds. The van der Waals surface area contributed by atoms with Crippen molar-refractivity contribution in [1.82, 2.24) is 0 Å². The zero-order valence-electron chi connectivity index (χ0n) is 15.0. The number of rotatable bonds is 7. The van der Waals surface area contributed by atoms with Gasteiger partial charge >= 0.3 is 5.97 Å². The molecule has 0 bridgehead atoms. The molecule has 0 aliphatic heterocycles. The number of hydrogen-bond donors (Lipinski definition) is 0. The number of esters is 1. The second-order valence-electron chi connectivity index (χ2n) is 6.08. The van der Waals surface area contributed by atoms with Gasteiger partial charge in [-0.05, 0) is 42.2 Å². The molecule has 26 heavy (non-hydrogen) atoms. The van der Waals surface area contributed by atoms with Crippen LogP contribution in [0.1, 0.15) is 18.9 Å². The highest BCUT2D eigenvalue weighted by Gasteiger charge is 2.18. The third-order valence-electron chi connectivity index (χ3n) is 4.16. The Morgan fingerprint density at radius 1 is 0.808 bits per heavy atom. The monoisotopic (exact) mass is 362 g/mol. The lowest BCUT2D eigenvalue weighted by molar-refractivity contribution is -0.141. The summed E-state index contributed by atoms with van der Waals surface area (Å²) in [6, 6.07) is 30.1. The van der Waals surface area contributed by atoms with E-state index in [9.17, 15) is 4.79 Å². The Morgan fingerprint density at radius 3 is 1.92 bits per heavy atom. The van der Waals surface area contributed by atoms with Crippen LogP contribution in [0.25, 0.3) is 0 Å². The van der Waals surface area contributed by atoms with Gasteiger partial charge in [0.05, 0.1) is 6.61 Å². The van der Waals surface area contributed by atoms with Gasteiger partial charge in [-0.3, -0.25) is 4.79 Å². The second kappa shape index (κ2) is 9.31. The van der Waals surface area contributed by atoms with Crippen molar-refractivity contribution in [3.8, 4) is 0 Å². The summed E-state index contributed by atoms with van der Waals surface area (Å²) >= 11 is 0. The molecule has 0 heterocycles. The summed E-state index contributed by atoms with van der Waals surface area (Å²) in [4.78, 5) is 11.0. The molecule has 0 aromatic heterocycles. The number of carbonyl (C=O) groups excluding carboxylic acids is 1. The smallest absolute Gasteiger partial charge is 0.302 e. The summed E-state index contributed by atoms with van der Waals surface area (Å²) < 4.78 is 5.10. The molecule has 0 unspecified atom stereocenters. The van der Waals surface area contributed by atoms with Crippen LogP contribution in [-0.2, 0) is 16.0 Å². The Labute approximate surface area is 156 Å². The van der Waals surface area contributed by atoms with Crippen LogP contribution in [0.2, 0.25) is 0 Å². The highest BCUT2D eigenvalue weighted by atomic mass is 31.1. The first-order chi connectivity index (χ1) is 12.8.